The van der Waals surface area contributed by atoms with Crippen molar-refractivity contribution in [2.24, 2.45) is 5.92 Å². The maximum absolute atomic E-state index is 6.14. The number of nitrogens with zero attached hydrogens (tertiary/aromatic N) is 1. The third-order valence-electron chi connectivity index (χ3n) is 3.54. The Hall–Kier alpha value is -2.01. The van der Waals surface area contributed by atoms with E-state index in [1.807, 2.05) is 24.3 Å². The van der Waals surface area contributed by atoms with Crippen molar-refractivity contribution in [3.05, 3.63) is 42.6 Å². The van der Waals surface area contributed by atoms with Gasteiger partial charge in [0.1, 0.15) is 6.26 Å². The maximum Gasteiger partial charge on any atom is 0.235 e. The van der Waals surface area contributed by atoms with Crippen molar-refractivity contribution in [1.29, 1.82) is 0 Å². The van der Waals surface area contributed by atoms with Gasteiger partial charge in [-0.25, -0.2) is 4.98 Å². The van der Waals surface area contributed by atoms with Crippen LogP contribution in [0.4, 0.5) is 0 Å². The number of hydrogen-bond donors (Lipinski definition) is 1. The van der Waals surface area contributed by atoms with Crippen molar-refractivity contribution in [3.8, 4) is 11.5 Å². The normalized spacial score (nSPS) is 19.8. The van der Waals surface area contributed by atoms with Crippen LogP contribution in [0.3, 0.4) is 0 Å². The van der Waals surface area contributed by atoms with Gasteiger partial charge in [0.15, 0.2) is 17.6 Å². The molecule has 1 saturated heterocycles. The number of methoxy groups -OCH3 is 1. The molecule has 0 bridgehead atoms. The molecule has 1 N–H and O–H groups in total. The number of para-hydroxylation sites is 2. The number of hydrogen-bond acceptors (Lipinski definition) is 5. The van der Waals surface area contributed by atoms with E-state index in [9.17, 15) is 0 Å². The van der Waals surface area contributed by atoms with Gasteiger partial charge in [0, 0.05) is 12.5 Å². The summed E-state index contributed by atoms with van der Waals surface area (Å²) in [6.07, 6.45) is 4.07. The third kappa shape index (κ3) is 2.63. The number of oxazole rings is 1. The van der Waals surface area contributed by atoms with E-state index in [4.69, 9.17) is 13.9 Å². The molecule has 106 valence electrons. The summed E-state index contributed by atoms with van der Waals surface area (Å²) in [6, 6.07) is 7.63. The van der Waals surface area contributed by atoms with Crippen LogP contribution in [0.15, 0.2) is 41.1 Å². The van der Waals surface area contributed by atoms with E-state index in [1.165, 1.54) is 0 Å². The quantitative estimate of drug-likeness (QED) is 0.907. The molecule has 0 radical (unpaired) electrons. The Bertz CT molecular complexity index is 536. The fraction of sp³-hybridized carbons (Fsp3) is 0.400. The molecular weight excluding hydrogens is 256 g/mol. The molecule has 2 heterocycles. The van der Waals surface area contributed by atoms with Crippen LogP contribution in [0, 0.1) is 5.92 Å². The molecule has 20 heavy (non-hydrogen) atoms. The standard InChI is InChI=1S/C15H18N2O3/c1-18-12-4-2-3-5-13(12)20-14(11-6-7-16-10-11)15-17-8-9-19-15/h2-5,8-9,11,14,16H,6-7,10H2,1H3/t11-,14?/m0/s1. The molecule has 5 heteroatoms. The summed E-state index contributed by atoms with van der Waals surface area (Å²) < 4.78 is 16.9. The fourth-order valence-corrected chi connectivity index (χ4v) is 2.51. The highest BCUT2D eigenvalue weighted by Crippen LogP contribution is 2.35. The average molecular weight is 274 g/mol. The van der Waals surface area contributed by atoms with Gasteiger partial charge in [-0.1, -0.05) is 12.1 Å². The van der Waals surface area contributed by atoms with Crippen molar-refractivity contribution in [3.63, 3.8) is 0 Å². The molecule has 0 saturated carbocycles. The molecule has 1 aromatic carbocycles. The van der Waals surface area contributed by atoms with Gasteiger partial charge >= 0.3 is 0 Å². The van der Waals surface area contributed by atoms with E-state index in [2.05, 4.69) is 10.3 Å². The van der Waals surface area contributed by atoms with Gasteiger partial charge < -0.3 is 19.2 Å². The zero-order chi connectivity index (χ0) is 13.8. The van der Waals surface area contributed by atoms with Gasteiger partial charge in [-0.15, -0.1) is 0 Å². The molecule has 5 nitrogen and oxygen atoms in total. The zero-order valence-corrected chi connectivity index (χ0v) is 11.4. The van der Waals surface area contributed by atoms with Gasteiger partial charge in [0.2, 0.25) is 5.89 Å². The summed E-state index contributed by atoms with van der Waals surface area (Å²) >= 11 is 0. The monoisotopic (exact) mass is 274 g/mol. The Balaban J connectivity index is 1.86. The van der Waals surface area contributed by atoms with Crippen LogP contribution in [0.1, 0.15) is 18.4 Å². The van der Waals surface area contributed by atoms with Crippen molar-refractivity contribution in [2.75, 3.05) is 20.2 Å². The van der Waals surface area contributed by atoms with E-state index < -0.39 is 0 Å². The van der Waals surface area contributed by atoms with Gasteiger partial charge in [-0.05, 0) is 25.1 Å². The highest BCUT2D eigenvalue weighted by atomic mass is 16.5. The second-order valence-corrected chi connectivity index (χ2v) is 4.81. The molecule has 1 unspecified atom stereocenters. The fourth-order valence-electron chi connectivity index (χ4n) is 2.51. The molecule has 2 aromatic rings. The highest BCUT2D eigenvalue weighted by molar-refractivity contribution is 5.39. The van der Waals surface area contributed by atoms with Crippen molar-refractivity contribution in [2.45, 2.75) is 12.5 Å². The Morgan fingerprint density at radius 2 is 2.20 bits per heavy atom. The van der Waals surface area contributed by atoms with Crippen LogP contribution in [0.2, 0.25) is 0 Å². The predicted molar refractivity (Wildman–Crippen MR) is 73.8 cm³/mol. The van der Waals surface area contributed by atoms with Crippen LogP contribution >= 0.6 is 0 Å². The van der Waals surface area contributed by atoms with Gasteiger partial charge in [-0.2, -0.15) is 0 Å². The number of aromatic nitrogens is 1. The second kappa shape index (κ2) is 5.96. The lowest BCUT2D eigenvalue weighted by atomic mass is 10.0. The highest BCUT2D eigenvalue weighted by Gasteiger charge is 2.31. The Morgan fingerprint density at radius 3 is 2.85 bits per heavy atom. The summed E-state index contributed by atoms with van der Waals surface area (Å²) in [7, 11) is 1.64. The van der Waals surface area contributed by atoms with Crippen LogP contribution < -0.4 is 14.8 Å². The van der Waals surface area contributed by atoms with E-state index in [0.717, 1.165) is 25.3 Å². The van der Waals surface area contributed by atoms with E-state index >= 15 is 0 Å². The largest absolute Gasteiger partial charge is 0.493 e. The van der Waals surface area contributed by atoms with Crippen LogP contribution in [-0.4, -0.2) is 25.2 Å². The Labute approximate surface area is 117 Å². The molecular formula is C15H18N2O3. The topological polar surface area (TPSA) is 56.5 Å². The van der Waals surface area contributed by atoms with Crippen molar-refractivity contribution in [1.82, 2.24) is 10.3 Å². The second-order valence-electron chi connectivity index (χ2n) is 4.81. The van der Waals surface area contributed by atoms with Gasteiger partial charge in [0.25, 0.3) is 0 Å². The smallest absolute Gasteiger partial charge is 0.235 e. The van der Waals surface area contributed by atoms with E-state index in [0.29, 0.717) is 17.6 Å². The first-order chi connectivity index (χ1) is 9.88. The number of nitrogens with one attached hydrogen (secondary N) is 1. The number of ether oxygens (including phenoxy) is 2. The molecule has 3 rings (SSSR count). The molecule has 1 aliphatic heterocycles. The van der Waals surface area contributed by atoms with Crippen LogP contribution in [0.25, 0.3) is 0 Å². The van der Waals surface area contributed by atoms with E-state index in [1.54, 1.807) is 19.6 Å². The van der Waals surface area contributed by atoms with Crippen LogP contribution in [-0.2, 0) is 0 Å². The molecule has 1 aliphatic rings. The van der Waals surface area contributed by atoms with Crippen molar-refractivity contribution < 1.29 is 13.9 Å². The number of benzene rings is 1. The molecule has 0 aliphatic carbocycles. The van der Waals surface area contributed by atoms with Crippen LogP contribution in [0.5, 0.6) is 11.5 Å². The van der Waals surface area contributed by atoms with Crippen molar-refractivity contribution >= 4 is 0 Å². The lowest BCUT2D eigenvalue weighted by molar-refractivity contribution is 0.110. The molecule has 0 spiro atoms. The first-order valence-corrected chi connectivity index (χ1v) is 6.78. The lowest BCUT2D eigenvalue weighted by Gasteiger charge is -2.22. The first kappa shape index (κ1) is 13.0. The lowest BCUT2D eigenvalue weighted by Crippen LogP contribution is -2.21. The predicted octanol–water partition coefficient (Wildman–Crippen LogP) is 2.41. The molecule has 1 aromatic heterocycles. The Kier molecular flexibility index (Phi) is 3.87. The van der Waals surface area contributed by atoms with E-state index in [-0.39, 0.29) is 6.10 Å². The first-order valence-electron chi connectivity index (χ1n) is 6.78. The van der Waals surface area contributed by atoms with Gasteiger partial charge in [0.05, 0.1) is 13.3 Å². The summed E-state index contributed by atoms with van der Waals surface area (Å²) in [4.78, 5) is 4.25. The Morgan fingerprint density at radius 1 is 1.35 bits per heavy atom. The molecule has 0 amide bonds. The zero-order valence-electron chi connectivity index (χ0n) is 11.4. The minimum atomic E-state index is -0.198. The average Bonchev–Trinajstić information content (AvgIpc) is 3.18. The minimum Gasteiger partial charge on any atom is -0.493 e. The van der Waals surface area contributed by atoms with Gasteiger partial charge in [-0.3, -0.25) is 0 Å². The minimum absolute atomic E-state index is 0.198. The molecule has 1 fully saturated rings. The summed E-state index contributed by atoms with van der Waals surface area (Å²) in [5.41, 5.74) is 0. The maximum atomic E-state index is 6.14. The summed E-state index contributed by atoms with van der Waals surface area (Å²) in [5, 5.41) is 3.35. The SMILES string of the molecule is COc1ccccc1OC(c1ncco1)[C@H]1CCNC1. The summed E-state index contributed by atoms with van der Waals surface area (Å²) in [5.74, 6) is 2.39. The summed E-state index contributed by atoms with van der Waals surface area (Å²) in [6.45, 7) is 1.90. The third-order valence-corrected chi connectivity index (χ3v) is 3.54. The molecule has 2 atom stereocenters. The number of rotatable bonds is 5.